The molecule has 1 amide bonds. The molecule has 0 bridgehead atoms. The summed E-state index contributed by atoms with van der Waals surface area (Å²) in [7, 11) is 1.79. The molecule has 1 aliphatic rings. The third-order valence-electron chi connectivity index (χ3n) is 7.02. The highest BCUT2D eigenvalue weighted by Gasteiger charge is 2.27. The van der Waals surface area contributed by atoms with Crippen LogP contribution in [0.15, 0.2) is 79.4 Å². The van der Waals surface area contributed by atoms with Gasteiger partial charge in [0, 0.05) is 37.5 Å². The molecule has 0 fully saturated rings. The van der Waals surface area contributed by atoms with E-state index in [2.05, 4.69) is 32.6 Å². The fourth-order valence-corrected chi connectivity index (χ4v) is 5.17. The average Bonchev–Trinajstić information content (AvgIpc) is 3.75. The van der Waals surface area contributed by atoms with E-state index in [-0.39, 0.29) is 11.9 Å². The lowest BCUT2D eigenvalue weighted by molar-refractivity contribution is 0.0931. The highest BCUT2D eigenvalue weighted by molar-refractivity contribution is 5.92. The zero-order valence-electron chi connectivity index (χ0n) is 21.1. The van der Waals surface area contributed by atoms with Crippen LogP contribution < -0.4 is 11.1 Å². The fraction of sp³-hybridized carbons (Fsp3) is 0.143. The van der Waals surface area contributed by atoms with E-state index < -0.39 is 0 Å². The van der Waals surface area contributed by atoms with E-state index in [4.69, 9.17) is 15.7 Å². The Kier molecular flexibility index (Phi) is 5.22. The van der Waals surface area contributed by atoms with E-state index in [1.54, 1.807) is 41.1 Å². The molecule has 0 unspecified atom stereocenters. The summed E-state index contributed by atoms with van der Waals surface area (Å²) in [4.78, 5) is 26.9. The second-order valence-corrected chi connectivity index (χ2v) is 9.49. The van der Waals surface area contributed by atoms with Gasteiger partial charge in [-0.1, -0.05) is 6.07 Å². The molecule has 0 spiro atoms. The summed E-state index contributed by atoms with van der Waals surface area (Å²) in [5.41, 5.74) is 12.0. The van der Waals surface area contributed by atoms with E-state index in [0.29, 0.717) is 28.8 Å². The molecule has 0 saturated carbocycles. The second kappa shape index (κ2) is 8.91. The largest absolute Gasteiger partial charge is 0.383 e. The Morgan fingerprint density at radius 2 is 1.97 bits per heavy atom. The van der Waals surface area contributed by atoms with Gasteiger partial charge < -0.3 is 11.1 Å². The first kappa shape index (κ1) is 22.8. The highest BCUT2D eigenvalue weighted by atomic mass is 16.2. The summed E-state index contributed by atoms with van der Waals surface area (Å²) in [5, 5.41) is 11.7. The van der Waals surface area contributed by atoms with E-state index in [1.807, 2.05) is 47.2 Å². The third-order valence-corrected chi connectivity index (χ3v) is 7.02. The van der Waals surface area contributed by atoms with Crippen LogP contribution >= 0.6 is 0 Å². The van der Waals surface area contributed by atoms with Gasteiger partial charge >= 0.3 is 0 Å². The minimum atomic E-state index is -0.178. The zero-order valence-corrected chi connectivity index (χ0v) is 21.1. The molecular formula is C28H24N10O. The first-order valence-electron chi connectivity index (χ1n) is 12.6. The van der Waals surface area contributed by atoms with Crippen molar-refractivity contribution in [1.82, 2.24) is 44.4 Å². The van der Waals surface area contributed by atoms with Gasteiger partial charge in [-0.25, -0.2) is 19.6 Å². The van der Waals surface area contributed by atoms with E-state index in [0.717, 1.165) is 40.7 Å². The quantitative estimate of drug-likeness (QED) is 0.359. The van der Waals surface area contributed by atoms with Crippen molar-refractivity contribution in [3.63, 3.8) is 0 Å². The highest BCUT2D eigenvalue weighted by Crippen LogP contribution is 2.36. The zero-order chi connectivity index (χ0) is 26.5. The number of amides is 1. The number of aryl methyl sites for hydroxylation is 2. The predicted octanol–water partition coefficient (Wildman–Crippen LogP) is 3.40. The average molecular weight is 517 g/mol. The van der Waals surface area contributed by atoms with Crippen LogP contribution in [0.1, 0.15) is 34.1 Å². The summed E-state index contributed by atoms with van der Waals surface area (Å²) < 4.78 is 5.35. The third kappa shape index (κ3) is 3.91. The molecule has 5 heterocycles. The number of aromatic nitrogens is 8. The van der Waals surface area contributed by atoms with E-state index >= 15 is 0 Å². The van der Waals surface area contributed by atoms with Gasteiger partial charge in [0.25, 0.3) is 5.91 Å². The van der Waals surface area contributed by atoms with Gasteiger partial charge in [-0.2, -0.15) is 10.2 Å². The Bertz CT molecular complexity index is 1850. The maximum atomic E-state index is 12.8. The van der Waals surface area contributed by atoms with Gasteiger partial charge in [0.1, 0.15) is 17.0 Å². The van der Waals surface area contributed by atoms with Crippen molar-refractivity contribution in [2.24, 2.45) is 7.05 Å². The molecule has 5 aromatic heterocycles. The number of carbonyl (C=O) groups is 1. The number of fused-ring (bicyclic) bond motifs is 2. The van der Waals surface area contributed by atoms with Gasteiger partial charge in [-0.3, -0.25) is 14.0 Å². The second-order valence-electron chi connectivity index (χ2n) is 9.49. The van der Waals surface area contributed by atoms with Crippen LogP contribution in [0.4, 0.5) is 5.82 Å². The molecule has 0 aliphatic heterocycles. The Hall–Kier alpha value is -5.32. The first-order chi connectivity index (χ1) is 19.0. The topological polar surface area (TPSA) is 134 Å². The van der Waals surface area contributed by atoms with Gasteiger partial charge in [0.2, 0.25) is 0 Å². The van der Waals surface area contributed by atoms with Gasteiger partial charge in [-0.05, 0) is 72.5 Å². The smallest absolute Gasteiger partial charge is 0.272 e. The molecular weight excluding hydrogens is 492 g/mol. The molecule has 11 nitrogen and oxygen atoms in total. The maximum absolute atomic E-state index is 12.8. The number of nitrogens with zero attached hydrogens (tertiary/aromatic N) is 8. The lowest BCUT2D eigenvalue weighted by atomic mass is 10.1. The number of nitrogens with one attached hydrogen (secondary N) is 1. The summed E-state index contributed by atoms with van der Waals surface area (Å²) in [6, 6.07) is 17.3. The van der Waals surface area contributed by atoms with Crippen molar-refractivity contribution in [1.29, 1.82) is 0 Å². The Balaban J connectivity index is 1.32. The number of pyridine rings is 2. The molecule has 7 rings (SSSR count). The van der Waals surface area contributed by atoms with Crippen LogP contribution in [-0.2, 0) is 13.5 Å². The molecule has 6 aromatic rings. The monoisotopic (exact) mass is 516 g/mol. The number of nitrogen functional groups attached to an aromatic ring is 1. The van der Waals surface area contributed by atoms with Crippen LogP contribution in [-0.4, -0.2) is 45.0 Å². The molecule has 1 aromatic carbocycles. The number of hydrogen-bond acceptors (Lipinski definition) is 7. The van der Waals surface area contributed by atoms with Crippen molar-refractivity contribution in [2.45, 2.75) is 18.9 Å². The van der Waals surface area contributed by atoms with Crippen molar-refractivity contribution in [3.05, 3.63) is 96.2 Å². The molecule has 1 atom stereocenters. The number of imidazole rings is 1. The van der Waals surface area contributed by atoms with Crippen molar-refractivity contribution < 1.29 is 4.79 Å². The minimum Gasteiger partial charge on any atom is -0.383 e. The fourth-order valence-electron chi connectivity index (χ4n) is 5.17. The number of anilines is 1. The first-order valence-corrected chi connectivity index (χ1v) is 12.6. The van der Waals surface area contributed by atoms with Crippen LogP contribution in [0.5, 0.6) is 0 Å². The minimum absolute atomic E-state index is 0.0823. The van der Waals surface area contributed by atoms with Crippen LogP contribution in [0.25, 0.3) is 34.1 Å². The van der Waals surface area contributed by atoms with E-state index in [9.17, 15) is 4.79 Å². The van der Waals surface area contributed by atoms with Gasteiger partial charge in [-0.15, -0.1) is 0 Å². The van der Waals surface area contributed by atoms with Gasteiger partial charge in [0.05, 0.1) is 11.6 Å². The summed E-state index contributed by atoms with van der Waals surface area (Å²) in [6.07, 6.45) is 8.63. The normalized spacial score (nSPS) is 14.5. The summed E-state index contributed by atoms with van der Waals surface area (Å²) in [5.74, 6) is 1.54. The molecule has 0 saturated heterocycles. The maximum Gasteiger partial charge on any atom is 0.272 e. The lowest BCUT2D eigenvalue weighted by Gasteiger charge is -2.15. The number of rotatable bonds is 5. The van der Waals surface area contributed by atoms with E-state index in [1.165, 1.54) is 0 Å². The lowest BCUT2D eigenvalue weighted by Crippen LogP contribution is -2.27. The number of nitrogens with two attached hydrogens (primary N) is 1. The van der Waals surface area contributed by atoms with Gasteiger partial charge in [0.15, 0.2) is 17.3 Å². The van der Waals surface area contributed by atoms with Crippen molar-refractivity contribution in [3.8, 4) is 22.9 Å². The molecule has 1 aliphatic carbocycles. The molecule has 0 radical (unpaired) electrons. The van der Waals surface area contributed by atoms with Crippen LogP contribution in [0, 0.1) is 0 Å². The van der Waals surface area contributed by atoms with Crippen LogP contribution in [0.3, 0.4) is 0 Å². The Morgan fingerprint density at radius 1 is 1.05 bits per heavy atom. The SMILES string of the molecule is Cn1ccc(C(=O)N[C@H]2CCc3cc(-n4c(-c5cccnc5N)nc5ccc(-n6cccn6)nc54)ccc32)n1. The Labute approximate surface area is 223 Å². The van der Waals surface area contributed by atoms with Crippen LogP contribution in [0.2, 0.25) is 0 Å². The molecule has 3 N–H and O–H groups in total. The number of benzene rings is 1. The standard InChI is InChI=1S/C28H24N10O/c1-36-15-11-23(35-36)28(39)33-21-8-5-17-16-18(6-7-19(17)21)38-26(20-4-2-12-30-25(20)29)32-22-9-10-24(34-27(22)38)37-14-3-13-31-37/h2-4,6-7,9-16,21H,5,8H2,1H3,(H2,29,30)(H,33,39)/t21-/m0/s1. The Morgan fingerprint density at radius 3 is 2.77 bits per heavy atom. The number of carbonyl (C=O) groups excluding carboxylic acids is 1. The molecule has 192 valence electrons. The van der Waals surface area contributed by atoms with Crippen molar-refractivity contribution in [2.75, 3.05) is 5.73 Å². The number of hydrogen-bond donors (Lipinski definition) is 2. The molecule has 11 heteroatoms. The predicted molar refractivity (Wildman–Crippen MR) is 145 cm³/mol. The summed E-state index contributed by atoms with van der Waals surface area (Å²) in [6.45, 7) is 0. The summed E-state index contributed by atoms with van der Waals surface area (Å²) >= 11 is 0. The van der Waals surface area contributed by atoms with Crippen molar-refractivity contribution >= 4 is 22.9 Å². The molecule has 39 heavy (non-hydrogen) atoms.